The molecule has 3 rings (SSSR count). The third kappa shape index (κ3) is 5.55. The minimum Gasteiger partial charge on any atom is -0.474 e. The average molecular weight is 398 g/mol. The van der Waals surface area contributed by atoms with Crippen LogP contribution in [0, 0.1) is 6.92 Å². The minimum atomic E-state index is -0.728. The Kier molecular flexibility index (Phi) is 7.73. The van der Waals surface area contributed by atoms with Crippen molar-refractivity contribution in [1.29, 1.82) is 0 Å². The average Bonchev–Trinajstić information content (AvgIpc) is 3.28. The van der Waals surface area contributed by atoms with E-state index < -0.39 is 12.0 Å². The van der Waals surface area contributed by atoms with E-state index in [1.807, 2.05) is 26.1 Å². The molecule has 1 atom stereocenters. The maximum absolute atomic E-state index is 11.3. The molecular weight excluding hydrogens is 372 g/mol. The zero-order chi connectivity index (χ0) is 21.4. The number of rotatable bonds is 7. The molecule has 0 aliphatic heterocycles. The Bertz CT molecular complexity index is 990. The van der Waals surface area contributed by atoms with Crippen molar-refractivity contribution in [3.05, 3.63) is 59.9 Å². The van der Waals surface area contributed by atoms with Crippen LogP contribution in [-0.4, -0.2) is 46.8 Å². The fraction of sp³-hybridized carbons (Fsp3) is 0.286. The van der Waals surface area contributed by atoms with Crippen molar-refractivity contribution in [1.82, 2.24) is 14.8 Å². The number of aromatic nitrogens is 3. The number of nitrogens with zero attached hydrogens (tertiary/aromatic N) is 2. The monoisotopic (exact) mass is 398 g/mol. The van der Waals surface area contributed by atoms with Gasteiger partial charge in [-0.3, -0.25) is 9.59 Å². The number of H-pyrrole nitrogens is 1. The number of carbonyl (C=O) groups excluding carboxylic acids is 2. The molecule has 0 aliphatic carbocycles. The molecule has 0 saturated carbocycles. The van der Waals surface area contributed by atoms with Gasteiger partial charge in [-0.1, -0.05) is 24.8 Å². The van der Waals surface area contributed by atoms with E-state index in [4.69, 9.17) is 10.5 Å². The number of aromatic amines is 1. The lowest BCUT2D eigenvalue weighted by Gasteiger charge is -2.08. The Hall–Kier alpha value is -3.39. The number of ether oxygens (including phenoxy) is 2. The van der Waals surface area contributed by atoms with E-state index in [1.54, 1.807) is 29.1 Å². The highest BCUT2D eigenvalue weighted by Crippen LogP contribution is 2.22. The van der Waals surface area contributed by atoms with Crippen molar-refractivity contribution in [2.75, 3.05) is 13.7 Å². The van der Waals surface area contributed by atoms with Crippen LogP contribution in [0.3, 0.4) is 0 Å². The van der Waals surface area contributed by atoms with Crippen molar-refractivity contribution < 1.29 is 19.1 Å². The molecule has 8 nitrogen and oxygen atoms in total. The Morgan fingerprint density at radius 2 is 2.21 bits per heavy atom. The molecular formula is C21H26N4O4. The van der Waals surface area contributed by atoms with Crippen molar-refractivity contribution in [3.8, 4) is 5.88 Å². The number of benzene rings is 1. The SMILES string of the molecule is C=CCOc1cc(C)nn1C.COC(=O)C(N)Cc1c[nH]c2cccc(C=O)c12. The molecule has 0 radical (unpaired) electrons. The van der Waals surface area contributed by atoms with Crippen LogP contribution in [0.25, 0.3) is 10.9 Å². The third-order valence-electron chi connectivity index (χ3n) is 4.20. The lowest BCUT2D eigenvalue weighted by atomic mass is 10.0. The Labute approximate surface area is 169 Å². The molecule has 154 valence electrons. The van der Waals surface area contributed by atoms with E-state index in [-0.39, 0.29) is 0 Å². The minimum absolute atomic E-state index is 0.331. The summed E-state index contributed by atoms with van der Waals surface area (Å²) in [4.78, 5) is 25.4. The molecule has 0 aliphatic rings. The van der Waals surface area contributed by atoms with Crippen molar-refractivity contribution in [3.63, 3.8) is 0 Å². The first-order valence-electron chi connectivity index (χ1n) is 9.03. The van der Waals surface area contributed by atoms with Gasteiger partial charge in [0, 0.05) is 42.2 Å². The number of hydrogen-bond donors (Lipinski definition) is 2. The molecule has 0 spiro atoms. The van der Waals surface area contributed by atoms with Gasteiger partial charge in [0.2, 0.25) is 5.88 Å². The summed E-state index contributed by atoms with van der Waals surface area (Å²) in [6, 6.07) is 6.57. The van der Waals surface area contributed by atoms with Crippen LogP contribution >= 0.6 is 0 Å². The topological polar surface area (TPSA) is 112 Å². The molecule has 1 unspecified atom stereocenters. The van der Waals surface area contributed by atoms with Crippen LogP contribution in [0.2, 0.25) is 0 Å². The quantitative estimate of drug-likeness (QED) is 0.359. The second-order valence-corrected chi connectivity index (χ2v) is 6.38. The van der Waals surface area contributed by atoms with Gasteiger partial charge in [0.25, 0.3) is 0 Å². The van der Waals surface area contributed by atoms with Gasteiger partial charge in [0.05, 0.1) is 12.8 Å². The largest absolute Gasteiger partial charge is 0.474 e. The van der Waals surface area contributed by atoms with E-state index in [0.29, 0.717) is 18.6 Å². The molecule has 29 heavy (non-hydrogen) atoms. The molecule has 3 N–H and O–H groups in total. The van der Waals surface area contributed by atoms with E-state index in [2.05, 4.69) is 21.4 Å². The lowest BCUT2D eigenvalue weighted by molar-refractivity contribution is -0.142. The summed E-state index contributed by atoms with van der Waals surface area (Å²) in [5, 5.41) is 4.93. The smallest absolute Gasteiger partial charge is 0.322 e. The molecule has 0 amide bonds. The van der Waals surface area contributed by atoms with Crippen LogP contribution in [0.5, 0.6) is 5.88 Å². The van der Waals surface area contributed by atoms with E-state index >= 15 is 0 Å². The normalized spacial score (nSPS) is 11.3. The number of fused-ring (bicyclic) bond motifs is 1. The van der Waals surface area contributed by atoms with Crippen LogP contribution < -0.4 is 10.5 Å². The van der Waals surface area contributed by atoms with Gasteiger partial charge in [-0.05, 0) is 18.6 Å². The van der Waals surface area contributed by atoms with Crippen LogP contribution in [0.4, 0.5) is 0 Å². The number of hydrogen-bond acceptors (Lipinski definition) is 6. The van der Waals surface area contributed by atoms with Crippen LogP contribution in [-0.2, 0) is 23.0 Å². The Balaban J connectivity index is 0.000000234. The maximum Gasteiger partial charge on any atom is 0.322 e. The zero-order valence-corrected chi connectivity index (χ0v) is 16.8. The molecule has 2 heterocycles. The number of carbonyl (C=O) groups is 2. The Morgan fingerprint density at radius 1 is 1.45 bits per heavy atom. The van der Waals surface area contributed by atoms with Gasteiger partial charge in [-0.25, -0.2) is 4.68 Å². The number of esters is 1. The summed E-state index contributed by atoms with van der Waals surface area (Å²) in [6.07, 6.45) is 4.60. The summed E-state index contributed by atoms with van der Waals surface area (Å²) in [5.74, 6) is 0.315. The number of nitrogens with one attached hydrogen (secondary N) is 1. The Morgan fingerprint density at radius 3 is 2.79 bits per heavy atom. The first-order chi connectivity index (χ1) is 13.9. The second-order valence-electron chi connectivity index (χ2n) is 6.38. The highest BCUT2D eigenvalue weighted by molar-refractivity contribution is 5.99. The maximum atomic E-state index is 11.3. The van der Waals surface area contributed by atoms with Crippen molar-refractivity contribution in [2.45, 2.75) is 19.4 Å². The van der Waals surface area contributed by atoms with E-state index in [0.717, 1.165) is 34.3 Å². The zero-order valence-electron chi connectivity index (χ0n) is 16.8. The first kappa shape index (κ1) is 21.9. The standard InChI is InChI=1S/C13H14N2O3.C8H12N2O/c1-18-13(17)10(14)5-9-6-15-11-4-2-3-8(7-16)12(9)11;1-4-5-11-8-6-7(2)9-10(8)3/h2-4,6-7,10,15H,5,14H2,1H3;4,6H,1,5H2,2-3H3. The number of aryl methyl sites for hydroxylation is 2. The van der Waals surface area contributed by atoms with Gasteiger partial charge < -0.3 is 20.2 Å². The van der Waals surface area contributed by atoms with Gasteiger partial charge in [-0.15, -0.1) is 0 Å². The molecule has 3 aromatic rings. The fourth-order valence-electron chi connectivity index (χ4n) is 2.88. The number of aldehydes is 1. The second kappa shape index (κ2) is 10.2. The molecule has 2 aromatic heterocycles. The summed E-state index contributed by atoms with van der Waals surface area (Å²) < 4.78 is 11.6. The first-order valence-corrected chi connectivity index (χ1v) is 9.03. The van der Waals surface area contributed by atoms with Crippen molar-refractivity contribution in [2.24, 2.45) is 12.8 Å². The van der Waals surface area contributed by atoms with Gasteiger partial charge in [0.1, 0.15) is 12.6 Å². The highest BCUT2D eigenvalue weighted by atomic mass is 16.5. The van der Waals surface area contributed by atoms with Gasteiger partial charge in [0.15, 0.2) is 6.29 Å². The fourth-order valence-corrected chi connectivity index (χ4v) is 2.88. The molecule has 0 fully saturated rings. The lowest BCUT2D eigenvalue weighted by Crippen LogP contribution is -2.33. The molecule has 0 saturated heterocycles. The summed E-state index contributed by atoms with van der Waals surface area (Å²) in [7, 11) is 3.15. The van der Waals surface area contributed by atoms with E-state index in [9.17, 15) is 9.59 Å². The molecule has 0 bridgehead atoms. The van der Waals surface area contributed by atoms with Crippen LogP contribution in [0.15, 0.2) is 43.1 Å². The van der Waals surface area contributed by atoms with Gasteiger partial charge in [-0.2, -0.15) is 5.10 Å². The molecule has 8 heteroatoms. The van der Waals surface area contributed by atoms with Crippen LogP contribution in [0.1, 0.15) is 21.6 Å². The third-order valence-corrected chi connectivity index (χ3v) is 4.20. The summed E-state index contributed by atoms with van der Waals surface area (Å²) in [5.41, 5.74) is 8.97. The number of methoxy groups -OCH3 is 1. The van der Waals surface area contributed by atoms with Crippen molar-refractivity contribution >= 4 is 23.2 Å². The van der Waals surface area contributed by atoms with E-state index in [1.165, 1.54) is 7.11 Å². The predicted octanol–water partition coefficient (Wildman–Crippen LogP) is 2.32. The molecule has 1 aromatic carbocycles. The number of nitrogens with two attached hydrogens (primary N) is 1. The van der Waals surface area contributed by atoms with Gasteiger partial charge >= 0.3 is 5.97 Å². The highest BCUT2D eigenvalue weighted by Gasteiger charge is 2.17. The summed E-state index contributed by atoms with van der Waals surface area (Å²) >= 11 is 0. The predicted molar refractivity (Wildman–Crippen MR) is 111 cm³/mol. The summed E-state index contributed by atoms with van der Waals surface area (Å²) in [6.45, 7) is 6.02.